The van der Waals surface area contributed by atoms with E-state index < -0.39 is 0 Å². The van der Waals surface area contributed by atoms with Gasteiger partial charge in [-0.2, -0.15) is 0 Å². The quantitative estimate of drug-likeness (QED) is 0.515. The predicted molar refractivity (Wildman–Crippen MR) is 122 cm³/mol. The molecule has 2 aromatic heterocycles. The fourth-order valence-corrected chi connectivity index (χ4v) is 4.41. The molecule has 9 nitrogen and oxygen atoms in total. The summed E-state index contributed by atoms with van der Waals surface area (Å²) in [4.78, 5) is 30.8. The van der Waals surface area contributed by atoms with E-state index in [9.17, 15) is 9.59 Å². The van der Waals surface area contributed by atoms with Gasteiger partial charge >= 0.3 is 0 Å². The van der Waals surface area contributed by atoms with Crippen LogP contribution in [0.3, 0.4) is 0 Å². The van der Waals surface area contributed by atoms with Crippen LogP contribution in [0.5, 0.6) is 5.75 Å². The smallest absolute Gasteiger partial charge is 0.265 e. The van der Waals surface area contributed by atoms with E-state index in [0.29, 0.717) is 33.3 Å². The number of aromatic nitrogens is 4. The number of thioether (sulfide) groups is 1. The van der Waals surface area contributed by atoms with E-state index in [1.807, 2.05) is 42.8 Å². The lowest BCUT2D eigenvalue weighted by Crippen LogP contribution is -2.21. The van der Waals surface area contributed by atoms with E-state index in [0.717, 1.165) is 11.3 Å². The van der Waals surface area contributed by atoms with Gasteiger partial charge in [0.25, 0.3) is 5.91 Å². The highest BCUT2D eigenvalue weighted by molar-refractivity contribution is 7.99. The summed E-state index contributed by atoms with van der Waals surface area (Å²) in [7, 11) is 5.22. The molecule has 0 unspecified atom stereocenters. The van der Waals surface area contributed by atoms with Gasteiger partial charge in [-0.05, 0) is 38.1 Å². The van der Waals surface area contributed by atoms with Crippen molar-refractivity contribution in [3.05, 3.63) is 34.8 Å². The molecule has 11 heteroatoms. The molecule has 31 heavy (non-hydrogen) atoms. The molecule has 0 bridgehead atoms. The first-order valence-corrected chi connectivity index (χ1v) is 11.3. The number of carbonyl (C=O) groups excluding carboxylic acids is 2. The monoisotopic (exact) mass is 460 g/mol. The second kappa shape index (κ2) is 9.92. The molecule has 0 radical (unpaired) electrons. The third-order valence-electron chi connectivity index (χ3n) is 4.23. The van der Waals surface area contributed by atoms with E-state index in [1.165, 1.54) is 28.0 Å². The Labute approximate surface area is 188 Å². The van der Waals surface area contributed by atoms with Crippen molar-refractivity contribution in [1.82, 2.24) is 24.6 Å². The van der Waals surface area contributed by atoms with Gasteiger partial charge in [0.05, 0.1) is 18.1 Å². The number of aryl methyl sites for hydroxylation is 1. The maximum Gasteiger partial charge on any atom is 0.265 e. The Bertz CT molecular complexity index is 1080. The number of thiazole rings is 1. The number of rotatable bonds is 8. The molecule has 0 saturated heterocycles. The zero-order valence-electron chi connectivity index (χ0n) is 18.0. The van der Waals surface area contributed by atoms with Gasteiger partial charge in [0.15, 0.2) is 16.1 Å². The van der Waals surface area contributed by atoms with E-state index >= 15 is 0 Å². The van der Waals surface area contributed by atoms with Gasteiger partial charge in [0.2, 0.25) is 5.91 Å². The van der Waals surface area contributed by atoms with Crippen LogP contribution in [-0.4, -0.2) is 62.9 Å². The first-order chi connectivity index (χ1) is 14.8. The molecule has 3 rings (SSSR count). The molecule has 0 atom stereocenters. The minimum Gasteiger partial charge on any atom is -0.494 e. The van der Waals surface area contributed by atoms with Crippen LogP contribution < -0.4 is 10.1 Å². The Morgan fingerprint density at radius 1 is 1.23 bits per heavy atom. The maximum atomic E-state index is 12.4. The topological polar surface area (TPSA) is 102 Å². The molecule has 2 amide bonds. The van der Waals surface area contributed by atoms with E-state index in [1.54, 1.807) is 21.0 Å². The zero-order chi connectivity index (χ0) is 22.5. The zero-order valence-corrected chi connectivity index (χ0v) is 19.6. The van der Waals surface area contributed by atoms with Crippen LogP contribution in [0, 0.1) is 6.92 Å². The second-order valence-electron chi connectivity index (χ2n) is 6.79. The van der Waals surface area contributed by atoms with Gasteiger partial charge in [0, 0.05) is 26.7 Å². The number of carbonyl (C=O) groups is 2. The summed E-state index contributed by atoms with van der Waals surface area (Å²) in [6.07, 6.45) is 0. The summed E-state index contributed by atoms with van der Waals surface area (Å²) in [6, 6.07) is 7.62. The van der Waals surface area contributed by atoms with Gasteiger partial charge in [0.1, 0.15) is 10.6 Å². The number of nitrogens with one attached hydrogen (secondary N) is 1. The van der Waals surface area contributed by atoms with Crippen LogP contribution in [0.2, 0.25) is 0 Å². The normalized spacial score (nSPS) is 10.7. The van der Waals surface area contributed by atoms with Crippen molar-refractivity contribution in [3.8, 4) is 17.1 Å². The first kappa shape index (κ1) is 22.8. The van der Waals surface area contributed by atoms with E-state index in [-0.39, 0.29) is 17.6 Å². The molecule has 0 saturated carbocycles. The van der Waals surface area contributed by atoms with Crippen LogP contribution in [0.25, 0.3) is 11.4 Å². The SMILES string of the molecule is CCOc1ccc(-c2nnc(SCC(=O)Nc3nc(C)c(C(=O)N(C)C)s3)n2C)cc1. The van der Waals surface area contributed by atoms with Crippen molar-refractivity contribution < 1.29 is 14.3 Å². The van der Waals surface area contributed by atoms with E-state index in [2.05, 4.69) is 20.5 Å². The highest BCUT2D eigenvalue weighted by Gasteiger charge is 2.19. The van der Waals surface area contributed by atoms with Gasteiger partial charge in [-0.15, -0.1) is 10.2 Å². The molecule has 0 fully saturated rings. The Morgan fingerprint density at radius 2 is 1.94 bits per heavy atom. The van der Waals surface area contributed by atoms with Crippen molar-refractivity contribution >= 4 is 40.0 Å². The van der Waals surface area contributed by atoms with Crippen LogP contribution in [0.4, 0.5) is 5.13 Å². The van der Waals surface area contributed by atoms with Crippen molar-refractivity contribution in [2.45, 2.75) is 19.0 Å². The number of hydrogen-bond donors (Lipinski definition) is 1. The minimum absolute atomic E-state index is 0.134. The summed E-state index contributed by atoms with van der Waals surface area (Å²) in [5.41, 5.74) is 1.51. The summed E-state index contributed by atoms with van der Waals surface area (Å²) < 4.78 is 7.31. The number of amides is 2. The fraction of sp³-hybridized carbons (Fsp3) is 0.350. The Balaban J connectivity index is 1.61. The second-order valence-corrected chi connectivity index (χ2v) is 8.73. The first-order valence-electron chi connectivity index (χ1n) is 9.54. The highest BCUT2D eigenvalue weighted by Crippen LogP contribution is 2.26. The highest BCUT2D eigenvalue weighted by atomic mass is 32.2. The third kappa shape index (κ3) is 5.42. The molecular formula is C20H24N6O3S2. The van der Waals surface area contributed by atoms with Gasteiger partial charge < -0.3 is 19.5 Å². The summed E-state index contributed by atoms with van der Waals surface area (Å²) in [6.45, 7) is 4.30. The Hall–Kier alpha value is -2.92. The molecule has 1 aromatic carbocycles. The van der Waals surface area contributed by atoms with Gasteiger partial charge in [-0.3, -0.25) is 9.59 Å². The van der Waals surface area contributed by atoms with Crippen molar-refractivity contribution in [2.75, 3.05) is 31.8 Å². The average molecular weight is 461 g/mol. The summed E-state index contributed by atoms with van der Waals surface area (Å²) >= 11 is 2.45. The molecule has 3 aromatic rings. The average Bonchev–Trinajstić information content (AvgIpc) is 3.28. The number of hydrogen-bond acceptors (Lipinski definition) is 8. The minimum atomic E-state index is -0.229. The number of benzene rings is 1. The lowest BCUT2D eigenvalue weighted by Gasteiger charge is -2.07. The maximum absolute atomic E-state index is 12.4. The number of anilines is 1. The number of nitrogens with zero attached hydrogens (tertiary/aromatic N) is 5. The summed E-state index contributed by atoms with van der Waals surface area (Å²) in [5, 5.41) is 12.2. The molecule has 1 N–H and O–H groups in total. The van der Waals surface area contributed by atoms with Gasteiger partial charge in [-0.25, -0.2) is 4.98 Å². The lowest BCUT2D eigenvalue weighted by molar-refractivity contribution is -0.113. The largest absolute Gasteiger partial charge is 0.494 e. The van der Waals surface area contributed by atoms with Crippen molar-refractivity contribution in [1.29, 1.82) is 0 Å². The molecule has 2 heterocycles. The van der Waals surface area contributed by atoms with Crippen LogP contribution in [0.1, 0.15) is 22.3 Å². The molecule has 0 aliphatic rings. The Morgan fingerprint density at radius 3 is 2.58 bits per heavy atom. The molecule has 0 aliphatic heterocycles. The standard InChI is InChI=1S/C20H24N6O3S2/c1-6-29-14-9-7-13(8-10-14)17-23-24-20(26(17)5)30-11-15(27)22-19-21-12(2)16(31-19)18(28)25(3)4/h7-10H,6,11H2,1-5H3,(H,21,22,27). The fourth-order valence-electron chi connectivity index (χ4n) is 2.70. The molecule has 0 aliphatic carbocycles. The number of ether oxygens (including phenoxy) is 1. The van der Waals surface area contributed by atoms with Crippen LogP contribution in [-0.2, 0) is 11.8 Å². The van der Waals surface area contributed by atoms with Gasteiger partial charge in [-0.1, -0.05) is 23.1 Å². The molecule has 0 spiro atoms. The van der Waals surface area contributed by atoms with Crippen LogP contribution >= 0.6 is 23.1 Å². The summed E-state index contributed by atoms with van der Waals surface area (Å²) in [5.74, 6) is 1.28. The molecule has 164 valence electrons. The van der Waals surface area contributed by atoms with E-state index in [4.69, 9.17) is 4.74 Å². The predicted octanol–water partition coefficient (Wildman–Crippen LogP) is 3.08. The Kier molecular flexibility index (Phi) is 7.29. The lowest BCUT2D eigenvalue weighted by atomic mass is 10.2. The molecular weight excluding hydrogens is 436 g/mol. The van der Waals surface area contributed by atoms with Crippen molar-refractivity contribution in [2.24, 2.45) is 7.05 Å². The van der Waals surface area contributed by atoms with Crippen molar-refractivity contribution in [3.63, 3.8) is 0 Å². The third-order valence-corrected chi connectivity index (χ3v) is 6.32. The van der Waals surface area contributed by atoms with Crippen LogP contribution in [0.15, 0.2) is 29.4 Å².